The molecule has 0 fully saturated rings. The van der Waals surface area contributed by atoms with Gasteiger partial charge in [-0.05, 0) is 53.0 Å². The highest BCUT2D eigenvalue weighted by molar-refractivity contribution is 6.87. The van der Waals surface area contributed by atoms with E-state index in [0.717, 1.165) is 0 Å². The van der Waals surface area contributed by atoms with Gasteiger partial charge in [-0.3, -0.25) is 0 Å². The third-order valence-electron chi connectivity index (χ3n) is 7.23. The molecule has 0 nitrogen and oxygen atoms in total. The summed E-state index contributed by atoms with van der Waals surface area (Å²) in [6.45, 7) is 12.1. The van der Waals surface area contributed by atoms with Gasteiger partial charge in [0.25, 0.3) is 0 Å². The predicted octanol–water partition coefficient (Wildman–Crippen LogP) is 7.28. The first-order valence-electron chi connectivity index (χ1n) is 12.0. The molecule has 0 saturated carbocycles. The van der Waals surface area contributed by atoms with Crippen LogP contribution in [0.5, 0.6) is 0 Å². The average Bonchev–Trinajstić information content (AvgIpc) is 2.83. The molecule has 0 aromatic heterocycles. The molecule has 2 atom stereocenters. The van der Waals surface area contributed by atoms with E-state index in [4.69, 9.17) is 0 Å². The van der Waals surface area contributed by atoms with Crippen LogP contribution in [0.15, 0.2) is 109 Å². The summed E-state index contributed by atoms with van der Waals surface area (Å²) >= 11 is 0. The van der Waals surface area contributed by atoms with Crippen LogP contribution >= 0.6 is 0 Å². The van der Waals surface area contributed by atoms with Crippen molar-refractivity contribution in [2.75, 3.05) is 0 Å². The first-order valence-corrected chi connectivity index (χ1v) is 13.5. The summed E-state index contributed by atoms with van der Waals surface area (Å²) in [5, 5.41) is 3.02. The van der Waals surface area contributed by atoms with Gasteiger partial charge in [-0.25, -0.2) is 0 Å². The number of hydrogen-bond acceptors (Lipinski definition) is 0. The van der Waals surface area contributed by atoms with Crippen LogP contribution in [0, 0.1) is 13.8 Å². The molecule has 0 spiro atoms. The summed E-state index contributed by atoms with van der Waals surface area (Å²) in [6, 6.07) is 40.3. The maximum Gasteiger partial charge on any atom is 0.127 e. The zero-order chi connectivity index (χ0) is 23.4. The van der Waals surface area contributed by atoms with Crippen molar-refractivity contribution in [2.24, 2.45) is 0 Å². The minimum Gasteiger partial charge on any atom is -0.0628 e. The Bertz CT molecular complexity index is 1100. The van der Waals surface area contributed by atoms with Gasteiger partial charge >= 0.3 is 0 Å². The SMILES string of the molecule is Cc1cccc(C)c1C(C(C)c1ccccc1)C(C)(C)[Si](c1ccccc1)c1ccccc1. The van der Waals surface area contributed by atoms with Gasteiger partial charge in [0.05, 0.1) is 0 Å². The molecule has 4 rings (SSSR count). The molecule has 4 aromatic carbocycles. The van der Waals surface area contributed by atoms with E-state index >= 15 is 0 Å². The molecule has 167 valence electrons. The summed E-state index contributed by atoms with van der Waals surface area (Å²) in [4.78, 5) is 0. The molecular weight excluding hydrogens is 412 g/mol. The molecule has 33 heavy (non-hydrogen) atoms. The molecule has 0 aliphatic heterocycles. The van der Waals surface area contributed by atoms with Crippen molar-refractivity contribution in [2.45, 2.75) is 51.5 Å². The van der Waals surface area contributed by atoms with Crippen molar-refractivity contribution in [1.82, 2.24) is 0 Å². The smallest absolute Gasteiger partial charge is 0.0628 e. The molecular formula is C32H35Si. The standard InChI is InChI=1S/C32H35Si/c1-24-16-15-17-25(2)30(24)31(26(3)27-18-9-6-10-19-27)32(4,5)33(28-20-11-7-12-21-28)29-22-13-8-14-23-29/h6-23,26,31H,1-5H3. The molecule has 0 aliphatic rings. The van der Waals surface area contributed by atoms with E-state index in [1.54, 1.807) is 0 Å². The van der Waals surface area contributed by atoms with Gasteiger partial charge < -0.3 is 0 Å². The van der Waals surface area contributed by atoms with Crippen molar-refractivity contribution in [3.63, 3.8) is 0 Å². The van der Waals surface area contributed by atoms with Gasteiger partial charge in [0.15, 0.2) is 0 Å². The quantitative estimate of drug-likeness (QED) is 0.261. The normalized spacial score (nSPS) is 13.6. The molecule has 0 bridgehead atoms. The second kappa shape index (κ2) is 9.93. The Morgan fingerprint density at radius 3 is 1.45 bits per heavy atom. The molecule has 2 unspecified atom stereocenters. The molecule has 0 aliphatic carbocycles. The second-order valence-corrected chi connectivity index (χ2v) is 13.0. The Balaban J connectivity index is 1.96. The Morgan fingerprint density at radius 1 is 0.576 bits per heavy atom. The van der Waals surface area contributed by atoms with Crippen LogP contribution in [0.25, 0.3) is 0 Å². The van der Waals surface area contributed by atoms with Crippen molar-refractivity contribution >= 4 is 19.2 Å². The van der Waals surface area contributed by atoms with Crippen molar-refractivity contribution in [1.29, 1.82) is 0 Å². The third-order valence-corrected chi connectivity index (χ3v) is 10.6. The summed E-state index contributed by atoms with van der Waals surface area (Å²) in [6.07, 6.45) is 0. The number of benzene rings is 4. The first kappa shape index (κ1) is 23.3. The van der Waals surface area contributed by atoms with Crippen molar-refractivity contribution < 1.29 is 0 Å². The number of hydrogen-bond donors (Lipinski definition) is 0. The zero-order valence-corrected chi connectivity index (χ0v) is 21.5. The molecule has 1 radical (unpaired) electrons. The fraction of sp³-hybridized carbons (Fsp3) is 0.250. The Kier molecular flexibility index (Phi) is 7.00. The Labute approximate surface area is 201 Å². The van der Waals surface area contributed by atoms with Crippen molar-refractivity contribution in [3.05, 3.63) is 131 Å². The van der Waals surface area contributed by atoms with E-state index in [0.29, 0.717) is 11.8 Å². The van der Waals surface area contributed by atoms with Crippen LogP contribution < -0.4 is 10.4 Å². The summed E-state index contributed by atoms with van der Waals surface area (Å²) in [5.74, 6) is 0.781. The van der Waals surface area contributed by atoms with Crippen LogP contribution in [0.3, 0.4) is 0 Å². The van der Waals surface area contributed by atoms with Gasteiger partial charge in [0.2, 0.25) is 0 Å². The molecule has 0 saturated heterocycles. The lowest BCUT2D eigenvalue weighted by molar-refractivity contribution is 0.446. The lowest BCUT2D eigenvalue weighted by Crippen LogP contribution is -2.52. The van der Waals surface area contributed by atoms with E-state index in [1.165, 1.54) is 32.6 Å². The van der Waals surface area contributed by atoms with Gasteiger partial charge in [-0.2, -0.15) is 0 Å². The van der Waals surface area contributed by atoms with E-state index in [-0.39, 0.29) is 5.04 Å². The highest BCUT2D eigenvalue weighted by Crippen LogP contribution is 2.53. The van der Waals surface area contributed by atoms with Crippen LogP contribution in [0.1, 0.15) is 54.9 Å². The lowest BCUT2D eigenvalue weighted by atomic mass is 9.73. The summed E-state index contributed by atoms with van der Waals surface area (Å²) < 4.78 is 0. The molecule has 1 heteroatoms. The summed E-state index contributed by atoms with van der Waals surface area (Å²) in [5.41, 5.74) is 5.74. The predicted molar refractivity (Wildman–Crippen MR) is 145 cm³/mol. The Hall–Kier alpha value is -2.90. The van der Waals surface area contributed by atoms with E-state index in [9.17, 15) is 0 Å². The first-order chi connectivity index (χ1) is 15.9. The highest BCUT2D eigenvalue weighted by Gasteiger charge is 2.44. The third kappa shape index (κ3) is 4.75. The van der Waals surface area contributed by atoms with Gasteiger partial charge in [0, 0.05) is 0 Å². The van der Waals surface area contributed by atoms with Gasteiger partial charge in [-0.15, -0.1) is 0 Å². The van der Waals surface area contributed by atoms with Crippen LogP contribution in [-0.2, 0) is 0 Å². The van der Waals surface area contributed by atoms with Crippen molar-refractivity contribution in [3.8, 4) is 0 Å². The van der Waals surface area contributed by atoms with Gasteiger partial charge in [-0.1, -0.05) is 140 Å². The largest absolute Gasteiger partial charge is 0.127 e. The molecule has 0 heterocycles. The zero-order valence-electron chi connectivity index (χ0n) is 20.5. The molecule has 0 amide bonds. The maximum absolute atomic E-state index is 2.53. The van der Waals surface area contributed by atoms with E-state index in [2.05, 4.69) is 144 Å². The Morgan fingerprint density at radius 2 is 1.00 bits per heavy atom. The van der Waals surface area contributed by atoms with Crippen LogP contribution in [-0.4, -0.2) is 8.80 Å². The van der Waals surface area contributed by atoms with E-state index in [1.807, 2.05) is 0 Å². The lowest BCUT2D eigenvalue weighted by Gasteiger charge is -2.45. The number of aryl methyl sites for hydroxylation is 2. The van der Waals surface area contributed by atoms with Gasteiger partial charge in [0.1, 0.15) is 8.80 Å². The minimum atomic E-state index is -1.11. The van der Waals surface area contributed by atoms with Crippen LogP contribution in [0.2, 0.25) is 5.04 Å². The fourth-order valence-corrected chi connectivity index (χ4v) is 9.36. The second-order valence-electron chi connectivity index (χ2n) is 9.81. The number of rotatable bonds is 7. The minimum absolute atomic E-state index is 0.0551. The van der Waals surface area contributed by atoms with E-state index < -0.39 is 8.80 Å². The topological polar surface area (TPSA) is 0 Å². The van der Waals surface area contributed by atoms with Crippen LogP contribution in [0.4, 0.5) is 0 Å². The molecule has 4 aromatic rings. The molecule has 0 N–H and O–H groups in total. The average molecular weight is 448 g/mol. The highest BCUT2D eigenvalue weighted by atomic mass is 28.3. The maximum atomic E-state index is 2.53. The monoisotopic (exact) mass is 447 g/mol. The summed E-state index contributed by atoms with van der Waals surface area (Å²) in [7, 11) is -1.11. The fourth-order valence-electron chi connectivity index (χ4n) is 5.78.